The van der Waals surface area contributed by atoms with Crippen LogP contribution in [0.1, 0.15) is 0 Å². The minimum atomic E-state index is -0.495. The molecule has 1 rings (SSSR count). The molecule has 0 atom stereocenters. The van der Waals surface area contributed by atoms with Crippen LogP contribution < -0.4 is 16.4 Å². The first-order valence-corrected chi connectivity index (χ1v) is 3.54. The molecule has 4 N–H and O–H groups in total. The van der Waals surface area contributed by atoms with Crippen molar-refractivity contribution < 1.29 is 9.59 Å². The monoisotopic (exact) mass is 174 g/mol. The molecule has 1 fully saturated rings. The van der Waals surface area contributed by atoms with Crippen LogP contribution in [0.2, 0.25) is 0 Å². The molecule has 0 unspecified atom stereocenters. The van der Waals surface area contributed by atoms with Gasteiger partial charge in [0.25, 0.3) is 0 Å². The Bertz CT molecular complexity index is 171. The van der Waals surface area contributed by atoms with Crippen LogP contribution in [0.15, 0.2) is 0 Å². The first-order valence-electron chi connectivity index (χ1n) is 3.54. The summed E-state index contributed by atoms with van der Waals surface area (Å²) in [6.45, 7) is 1.65. The zero-order valence-corrected chi connectivity index (χ0v) is 7.26. The molecular formula is C6H14N4O2. The van der Waals surface area contributed by atoms with Gasteiger partial charge in [0.05, 0.1) is 0 Å². The highest BCUT2D eigenvalue weighted by Crippen LogP contribution is 1.88. The Kier molecular flexibility index (Phi) is 4.59. The van der Waals surface area contributed by atoms with Crippen molar-refractivity contribution in [3.05, 3.63) is 0 Å². The highest BCUT2D eigenvalue weighted by atomic mass is 16.2. The van der Waals surface area contributed by atoms with Crippen molar-refractivity contribution in [1.29, 1.82) is 0 Å². The predicted molar refractivity (Wildman–Crippen MR) is 44.7 cm³/mol. The number of rotatable bonds is 0. The SMILES string of the molecule is CN1CCNC1=O.CNC(N)=O. The van der Waals surface area contributed by atoms with E-state index in [9.17, 15) is 9.59 Å². The summed E-state index contributed by atoms with van der Waals surface area (Å²) >= 11 is 0. The molecule has 0 aliphatic carbocycles. The van der Waals surface area contributed by atoms with Gasteiger partial charge >= 0.3 is 12.1 Å². The molecule has 0 aromatic carbocycles. The third-order valence-electron chi connectivity index (χ3n) is 1.32. The second kappa shape index (κ2) is 5.22. The van der Waals surface area contributed by atoms with Crippen LogP contribution in [0, 0.1) is 0 Å². The summed E-state index contributed by atoms with van der Waals surface area (Å²) in [4.78, 5) is 21.5. The number of primary amides is 1. The van der Waals surface area contributed by atoms with Crippen molar-refractivity contribution in [2.75, 3.05) is 27.2 Å². The Hall–Kier alpha value is -1.46. The van der Waals surface area contributed by atoms with Crippen molar-refractivity contribution in [3.63, 3.8) is 0 Å². The number of carbonyl (C=O) groups excluding carboxylic acids is 2. The Labute approximate surface area is 71.1 Å². The van der Waals surface area contributed by atoms with Gasteiger partial charge in [0.15, 0.2) is 0 Å². The Morgan fingerprint density at radius 2 is 2.25 bits per heavy atom. The van der Waals surface area contributed by atoms with E-state index in [4.69, 9.17) is 0 Å². The second-order valence-corrected chi connectivity index (χ2v) is 2.27. The molecule has 1 aliphatic rings. The molecule has 1 heterocycles. The Morgan fingerprint density at radius 3 is 2.33 bits per heavy atom. The van der Waals surface area contributed by atoms with Crippen molar-refractivity contribution in [1.82, 2.24) is 15.5 Å². The molecule has 70 valence electrons. The van der Waals surface area contributed by atoms with E-state index in [1.807, 2.05) is 0 Å². The van der Waals surface area contributed by atoms with Crippen LogP contribution in [-0.2, 0) is 0 Å². The van der Waals surface area contributed by atoms with E-state index in [-0.39, 0.29) is 6.03 Å². The van der Waals surface area contributed by atoms with Gasteiger partial charge in [-0.25, -0.2) is 9.59 Å². The molecule has 6 heteroatoms. The molecule has 12 heavy (non-hydrogen) atoms. The fourth-order valence-corrected chi connectivity index (χ4v) is 0.567. The summed E-state index contributed by atoms with van der Waals surface area (Å²) in [6, 6.07) is -0.454. The fraction of sp³-hybridized carbons (Fsp3) is 0.667. The van der Waals surface area contributed by atoms with Gasteiger partial charge in [0.1, 0.15) is 0 Å². The van der Waals surface area contributed by atoms with E-state index >= 15 is 0 Å². The van der Waals surface area contributed by atoms with Gasteiger partial charge < -0.3 is 21.3 Å². The summed E-state index contributed by atoms with van der Waals surface area (Å²) in [7, 11) is 3.25. The third kappa shape index (κ3) is 4.37. The number of nitrogens with one attached hydrogen (secondary N) is 2. The van der Waals surface area contributed by atoms with Gasteiger partial charge in [-0.3, -0.25) is 0 Å². The van der Waals surface area contributed by atoms with E-state index < -0.39 is 6.03 Å². The highest BCUT2D eigenvalue weighted by molar-refractivity contribution is 5.75. The first kappa shape index (κ1) is 10.5. The van der Waals surface area contributed by atoms with Crippen molar-refractivity contribution in [2.24, 2.45) is 5.73 Å². The van der Waals surface area contributed by atoms with Gasteiger partial charge in [-0.15, -0.1) is 0 Å². The summed E-state index contributed by atoms with van der Waals surface area (Å²) < 4.78 is 0. The molecule has 0 aromatic heterocycles. The number of nitrogens with zero attached hydrogens (tertiary/aromatic N) is 1. The summed E-state index contributed by atoms with van der Waals surface area (Å²) in [6.07, 6.45) is 0. The molecule has 6 nitrogen and oxygen atoms in total. The summed E-state index contributed by atoms with van der Waals surface area (Å²) in [5.74, 6) is 0. The quantitative estimate of drug-likeness (QED) is 0.436. The predicted octanol–water partition coefficient (Wildman–Crippen LogP) is -1.07. The Morgan fingerprint density at radius 1 is 1.75 bits per heavy atom. The van der Waals surface area contributed by atoms with Crippen LogP contribution in [0.25, 0.3) is 0 Å². The molecular weight excluding hydrogens is 160 g/mol. The number of urea groups is 2. The standard InChI is InChI=1S/C4H8N2O.C2H6N2O/c1-6-3-2-5-4(6)7;1-4-2(3)5/h2-3H2,1H3,(H,5,7);1H3,(H3,3,4,5). The van der Waals surface area contributed by atoms with Crippen LogP contribution in [0.4, 0.5) is 9.59 Å². The van der Waals surface area contributed by atoms with Gasteiger partial charge in [0.2, 0.25) is 0 Å². The van der Waals surface area contributed by atoms with Crippen LogP contribution in [-0.4, -0.2) is 44.1 Å². The number of hydrogen-bond donors (Lipinski definition) is 3. The van der Waals surface area contributed by atoms with Crippen molar-refractivity contribution in [3.8, 4) is 0 Å². The highest BCUT2D eigenvalue weighted by Gasteiger charge is 2.12. The minimum Gasteiger partial charge on any atom is -0.352 e. The lowest BCUT2D eigenvalue weighted by molar-refractivity contribution is 0.226. The molecule has 0 bridgehead atoms. The average Bonchev–Trinajstić information content (AvgIpc) is 2.37. The largest absolute Gasteiger partial charge is 0.352 e. The van der Waals surface area contributed by atoms with E-state index in [1.165, 1.54) is 7.05 Å². The molecule has 0 spiro atoms. The van der Waals surface area contributed by atoms with Crippen LogP contribution in [0.3, 0.4) is 0 Å². The van der Waals surface area contributed by atoms with Gasteiger partial charge in [-0.05, 0) is 0 Å². The normalized spacial score (nSPS) is 14.5. The maximum atomic E-state index is 10.4. The molecule has 0 saturated carbocycles. The fourth-order valence-electron chi connectivity index (χ4n) is 0.567. The lowest BCUT2D eigenvalue weighted by atomic mass is 10.7. The zero-order chi connectivity index (χ0) is 9.56. The van der Waals surface area contributed by atoms with Gasteiger partial charge in [0, 0.05) is 27.2 Å². The van der Waals surface area contributed by atoms with E-state index in [2.05, 4.69) is 16.4 Å². The number of likely N-dealkylation sites (N-methyl/N-ethyl adjacent to an activating group) is 1. The lowest BCUT2D eigenvalue weighted by Crippen LogP contribution is -2.24. The third-order valence-corrected chi connectivity index (χ3v) is 1.32. The van der Waals surface area contributed by atoms with Crippen molar-refractivity contribution in [2.45, 2.75) is 0 Å². The molecule has 0 radical (unpaired) electrons. The maximum Gasteiger partial charge on any atom is 0.317 e. The molecule has 0 aromatic rings. The topological polar surface area (TPSA) is 87.5 Å². The van der Waals surface area contributed by atoms with E-state index in [0.29, 0.717) is 0 Å². The lowest BCUT2D eigenvalue weighted by Gasteiger charge is -2.01. The van der Waals surface area contributed by atoms with Gasteiger partial charge in [-0.1, -0.05) is 0 Å². The van der Waals surface area contributed by atoms with E-state index in [1.54, 1.807) is 11.9 Å². The summed E-state index contributed by atoms with van der Waals surface area (Å²) in [5.41, 5.74) is 4.54. The number of carbonyl (C=O) groups is 2. The molecule has 1 saturated heterocycles. The Balaban J connectivity index is 0.000000217. The second-order valence-electron chi connectivity index (χ2n) is 2.27. The molecule has 4 amide bonds. The van der Waals surface area contributed by atoms with E-state index in [0.717, 1.165) is 13.1 Å². The number of amides is 4. The van der Waals surface area contributed by atoms with Crippen molar-refractivity contribution >= 4 is 12.1 Å². The first-order chi connectivity index (χ1) is 5.57. The number of nitrogens with two attached hydrogens (primary N) is 1. The molecule has 1 aliphatic heterocycles. The van der Waals surface area contributed by atoms with Crippen LogP contribution >= 0.6 is 0 Å². The maximum absolute atomic E-state index is 10.4. The zero-order valence-electron chi connectivity index (χ0n) is 7.26. The smallest absolute Gasteiger partial charge is 0.317 e. The van der Waals surface area contributed by atoms with Gasteiger partial charge in [-0.2, -0.15) is 0 Å². The van der Waals surface area contributed by atoms with Crippen LogP contribution in [0.5, 0.6) is 0 Å². The number of hydrogen-bond acceptors (Lipinski definition) is 2. The average molecular weight is 174 g/mol. The minimum absolute atomic E-state index is 0.0417. The summed E-state index contributed by atoms with van der Waals surface area (Å²) in [5, 5.41) is 4.82.